The second kappa shape index (κ2) is 14.6. The highest BCUT2D eigenvalue weighted by Crippen LogP contribution is 2.38. The largest absolute Gasteiger partial charge is 0.399 e. The minimum atomic E-state index is -0.0963. The minimum Gasteiger partial charge on any atom is -0.399 e. The van der Waals surface area contributed by atoms with Gasteiger partial charge in [0.1, 0.15) is 0 Å². The van der Waals surface area contributed by atoms with Gasteiger partial charge in [-0.25, -0.2) is 0 Å². The van der Waals surface area contributed by atoms with Crippen molar-refractivity contribution in [3.63, 3.8) is 0 Å². The lowest BCUT2D eigenvalue weighted by atomic mass is 9.73. The summed E-state index contributed by atoms with van der Waals surface area (Å²) in [6.07, 6.45) is 0. The monoisotopic (exact) mass is 688 g/mol. The highest BCUT2D eigenvalue weighted by Gasteiger charge is 2.29. The first kappa shape index (κ1) is 37.8. The predicted octanol–water partition coefficient (Wildman–Crippen LogP) is 11.0. The van der Waals surface area contributed by atoms with Crippen molar-refractivity contribution in [3.05, 3.63) is 190 Å². The summed E-state index contributed by atoms with van der Waals surface area (Å²) in [5.41, 5.74) is 36.4. The highest BCUT2D eigenvalue weighted by atomic mass is 14.6. The molecule has 6 aromatic rings. The summed E-state index contributed by atoms with van der Waals surface area (Å²) in [6, 6.07) is 50.5. The number of rotatable bonds is 8. The summed E-state index contributed by atoms with van der Waals surface area (Å²) in [6.45, 7) is 18.0. The third-order valence-electron chi connectivity index (χ3n) is 11.2. The van der Waals surface area contributed by atoms with Gasteiger partial charge in [-0.2, -0.15) is 0 Å². The molecule has 0 spiro atoms. The molecule has 0 heterocycles. The summed E-state index contributed by atoms with van der Waals surface area (Å²) in [5.74, 6) is 0. The molecule has 0 amide bonds. The first-order valence-electron chi connectivity index (χ1n) is 18.1. The van der Waals surface area contributed by atoms with E-state index in [1.165, 1.54) is 44.5 Å². The van der Waals surface area contributed by atoms with Crippen LogP contribution in [0.3, 0.4) is 0 Å². The van der Waals surface area contributed by atoms with Crippen LogP contribution < -0.4 is 22.9 Å². The van der Waals surface area contributed by atoms with E-state index in [9.17, 15) is 0 Å². The van der Waals surface area contributed by atoms with Gasteiger partial charge in [0, 0.05) is 44.4 Å². The quantitative estimate of drug-likeness (QED) is 0.119. The third kappa shape index (κ3) is 8.02. The molecule has 0 saturated heterocycles. The Balaban J connectivity index is 0.000000201. The van der Waals surface area contributed by atoms with Gasteiger partial charge in [-0.15, -0.1) is 0 Å². The lowest BCUT2D eigenvalue weighted by Crippen LogP contribution is -2.23. The molecular formula is C48H56N4. The number of benzene rings is 6. The average Bonchev–Trinajstić information content (AvgIpc) is 3.13. The van der Waals surface area contributed by atoms with Crippen molar-refractivity contribution in [2.24, 2.45) is 0 Å². The first-order chi connectivity index (χ1) is 24.4. The fourth-order valence-electron chi connectivity index (χ4n) is 6.87. The molecule has 6 rings (SSSR count). The number of anilines is 4. The second-order valence-corrected chi connectivity index (χ2v) is 16.1. The van der Waals surface area contributed by atoms with E-state index in [0.29, 0.717) is 0 Å². The van der Waals surface area contributed by atoms with E-state index in [1.54, 1.807) is 0 Å². The maximum atomic E-state index is 5.86. The summed E-state index contributed by atoms with van der Waals surface area (Å²) in [7, 11) is 0. The molecule has 52 heavy (non-hydrogen) atoms. The molecule has 0 radical (unpaired) electrons. The standard InChI is InChI=1S/2C24H28N2/c1-23(2,19-9-13-21(25)14-10-19)17-5-7-18(8-6-17)24(3,4)20-11-15-22(26)16-12-20;1-23(2,17-8-12-21(25)13-9-17)19-6-5-7-20(16-19)24(3,4)18-10-14-22(26)15-11-18/h2*5-16H,25-26H2,1-4H3. The van der Waals surface area contributed by atoms with E-state index in [0.717, 1.165) is 22.7 Å². The van der Waals surface area contributed by atoms with Crippen molar-refractivity contribution in [1.29, 1.82) is 0 Å². The van der Waals surface area contributed by atoms with Gasteiger partial charge in [-0.3, -0.25) is 0 Å². The molecule has 0 atom stereocenters. The Morgan fingerprint density at radius 1 is 0.250 bits per heavy atom. The van der Waals surface area contributed by atoms with Crippen LogP contribution in [0.5, 0.6) is 0 Å². The van der Waals surface area contributed by atoms with Crippen LogP contribution in [-0.4, -0.2) is 0 Å². The normalized spacial score (nSPS) is 12.2. The van der Waals surface area contributed by atoms with Crippen LogP contribution in [0.1, 0.15) is 99.9 Å². The number of hydrogen-bond donors (Lipinski definition) is 4. The molecule has 4 nitrogen and oxygen atoms in total. The third-order valence-corrected chi connectivity index (χ3v) is 11.2. The number of nitrogen functional groups attached to an aromatic ring is 4. The van der Waals surface area contributed by atoms with Crippen molar-refractivity contribution < 1.29 is 0 Å². The molecule has 0 unspecified atom stereocenters. The number of hydrogen-bond acceptors (Lipinski definition) is 4. The summed E-state index contributed by atoms with van der Waals surface area (Å²) < 4.78 is 0. The van der Waals surface area contributed by atoms with Gasteiger partial charge in [-0.1, -0.05) is 152 Å². The summed E-state index contributed by atoms with van der Waals surface area (Å²) >= 11 is 0. The minimum absolute atomic E-state index is 0.0719. The molecule has 0 aliphatic rings. The van der Waals surface area contributed by atoms with Gasteiger partial charge in [0.25, 0.3) is 0 Å². The zero-order valence-electron chi connectivity index (χ0n) is 32.2. The van der Waals surface area contributed by atoms with Crippen molar-refractivity contribution in [2.45, 2.75) is 77.0 Å². The molecule has 268 valence electrons. The van der Waals surface area contributed by atoms with E-state index < -0.39 is 0 Å². The van der Waals surface area contributed by atoms with Gasteiger partial charge in [0.2, 0.25) is 0 Å². The molecule has 0 fully saturated rings. The average molecular weight is 689 g/mol. The van der Waals surface area contributed by atoms with Crippen molar-refractivity contribution in [2.75, 3.05) is 22.9 Å². The molecule has 4 heteroatoms. The Morgan fingerprint density at radius 2 is 0.423 bits per heavy atom. The van der Waals surface area contributed by atoms with E-state index in [1.807, 2.05) is 48.5 Å². The fraction of sp³-hybridized carbons (Fsp3) is 0.250. The van der Waals surface area contributed by atoms with Crippen LogP contribution in [0.2, 0.25) is 0 Å². The summed E-state index contributed by atoms with van der Waals surface area (Å²) in [4.78, 5) is 0. The van der Waals surface area contributed by atoms with Crippen LogP contribution >= 0.6 is 0 Å². The zero-order valence-corrected chi connectivity index (χ0v) is 32.2. The van der Waals surface area contributed by atoms with Crippen LogP contribution in [0.4, 0.5) is 22.7 Å². The fourth-order valence-corrected chi connectivity index (χ4v) is 6.87. The van der Waals surface area contributed by atoms with Crippen molar-refractivity contribution in [3.8, 4) is 0 Å². The predicted molar refractivity (Wildman–Crippen MR) is 225 cm³/mol. The Morgan fingerprint density at radius 3 is 0.635 bits per heavy atom. The Bertz CT molecular complexity index is 1920. The molecule has 0 aliphatic carbocycles. The molecule has 6 aromatic carbocycles. The van der Waals surface area contributed by atoms with E-state index in [4.69, 9.17) is 22.9 Å². The topological polar surface area (TPSA) is 104 Å². The van der Waals surface area contributed by atoms with Crippen molar-refractivity contribution in [1.82, 2.24) is 0 Å². The Kier molecular flexibility index (Phi) is 10.6. The lowest BCUT2D eigenvalue weighted by Gasteiger charge is -2.31. The van der Waals surface area contributed by atoms with Crippen LogP contribution in [0, 0.1) is 0 Å². The van der Waals surface area contributed by atoms with E-state index in [-0.39, 0.29) is 21.7 Å². The zero-order chi connectivity index (χ0) is 37.9. The first-order valence-corrected chi connectivity index (χ1v) is 18.1. The maximum absolute atomic E-state index is 5.86. The van der Waals surface area contributed by atoms with Gasteiger partial charge in [-0.05, 0) is 93.0 Å². The molecule has 0 aliphatic heterocycles. The molecular weight excluding hydrogens is 633 g/mol. The number of nitrogens with two attached hydrogens (primary N) is 4. The van der Waals surface area contributed by atoms with Gasteiger partial charge >= 0.3 is 0 Å². The smallest absolute Gasteiger partial charge is 0.0314 e. The van der Waals surface area contributed by atoms with Crippen LogP contribution in [-0.2, 0) is 21.7 Å². The van der Waals surface area contributed by atoms with Crippen molar-refractivity contribution >= 4 is 22.7 Å². The Hall–Kier alpha value is -5.48. The molecule has 0 saturated carbocycles. The Labute approximate surface area is 311 Å². The second-order valence-electron chi connectivity index (χ2n) is 16.1. The SMILES string of the molecule is CC(C)(c1ccc(N)cc1)c1ccc(C(C)(C)c2ccc(N)cc2)cc1.CC(C)(c1ccc(N)cc1)c1cccc(C(C)(C)c2ccc(N)cc2)c1. The van der Waals surface area contributed by atoms with Gasteiger partial charge < -0.3 is 22.9 Å². The van der Waals surface area contributed by atoms with Gasteiger partial charge in [0.05, 0.1) is 0 Å². The highest BCUT2D eigenvalue weighted by molar-refractivity contribution is 5.51. The maximum Gasteiger partial charge on any atom is 0.0314 e. The van der Waals surface area contributed by atoms with Crippen LogP contribution in [0.25, 0.3) is 0 Å². The van der Waals surface area contributed by atoms with Gasteiger partial charge in [0.15, 0.2) is 0 Å². The van der Waals surface area contributed by atoms with Crippen LogP contribution in [0.15, 0.2) is 146 Å². The summed E-state index contributed by atoms with van der Waals surface area (Å²) in [5, 5.41) is 0. The van der Waals surface area contributed by atoms with E-state index in [2.05, 4.69) is 152 Å². The molecule has 8 N–H and O–H groups in total. The van der Waals surface area contributed by atoms with E-state index >= 15 is 0 Å². The molecule has 0 aromatic heterocycles. The molecule has 0 bridgehead atoms. The lowest BCUT2D eigenvalue weighted by molar-refractivity contribution is 0.617.